The lowest BCUT2D eigenvalue weighted by Gasteiger charge is -2.10. The van der Waals surface area contributed by atoms with Crippen LogP contribution in [0.15, 0.2) is 59.2 Å². The van der Waals surface area contributed by atoms with E-state index in [0.29, 0.717) is 17.1 Å². The molecule has 6 nitrogen and oxygen atoms in total. The lowest BCUT2D eigenvalue weighted by Crippen LogP contribution is -2.15. The molecule has 2 N–H and O–H groups in total. The molecule has 0 aliphatic rings. The summed E-state index contributed by atoms with van der Waals surface area (Å²) < 4.78 is 5.08. The molecule has 2 heterocycles. The number of nitrogens with zero attached hydrogens (tertiary/aromatic N) is 1. The van der Waals surface area contributed by atoms with Crippen molar-refractivity contribution in [1.82, 2.24) is 4.98 Å². The SMILES string of the molecule is Cc1cccc(NC(=O)c2ccc(C)c(NC(=O)c3ccco3)c2)n1. The van der Waals surface area contributed by atoms with E-state index in [0.717, 1.165) is 11.3 Å². The van der Waals surface area contributed by atoms with Crippen LogP contribution in [0.3, 0.4) is 0 Å². The molecule has 2 aromatic heterocycles. The minimum Gasteiger partial charge on any atom is -0.459 e. The summed E-state index contributed by atoms with van der Waals surface area (Å²) in [7, 11) is 0. The molecule has 0 aliphatic heterocycles. The van der Waals surface area contributed by atoms with E-state index in [1.54, 1.807) is 36.4 Å². The summed E-state index contributed by atoms with van der Waals surface area (Å²) in [6.45, 7) is 3.70. The molecular weight excluding hydrogens is 318 g/mol. The Kier molecular flexibility index (Phi) is 4.61. The minimum atomic E-state index is -0.369. The van der Waals surface area contributed by atoms with Crippen molar-refractivity contribution < 1.29 is 14.0 Å². The number of aromatic nitrogens is 1. The highest BCUT2D eigenvalue weighted by atomic mass is 16.3. The second-order valence-electron chi connectivity index (χ2n) is 5.58. The van der Waals surface area contributed by atoms with Gasteiger partial charge in [0.15, 0.2) is 5.76 Å². The van der Waals surface area contributed by atoms with Gasteiger partial charge < -0.3 is 15.1 Å². The molecule has 6 heteroatoms. The summed E-state index contributed by atoms with van der Waals surface area (Å²) in [5.41, 5.74) is 2.62. The Morgan fingerprint density at radius 3 is 2.52 bits per heavy atom. The molecule has 0 unspecified atom stereocenters. The maximum Gasteiger partial charge on any atom is 0.291 e. The van der Waals surface area contributed by atoms with E-state index < -0.39 is 0 Å². The number of hydrogen-bond acceptors (Lipinski definition) is 4. The zero-order valence-corrected chi connectivity index (χ0v) is 13.9. The monoisotopic (exact) mass is 335 g/mol. The molecule has 0 atom stereocenters. The van der Waals surface area contributed by atoms with Crippen molar-refractivity contribution in [1.29, 1.82) is 0 Å². The summed E-state index contributed by atoms with van der Waals surface area (Å²) in [5, 5.41) is 5.50. The molecule has 3 rings (SSSR count). The van der Waals surface area contributed by atoms with Gasteiger partial charge in [-0.2, -0.15) is 0 Å². The highest BCUT2D eigenvalue weighted by Gasteiger charge is 2.13. The van der Waals surface area contributed by atoms with Crippen molar-refractivity contribution in [2.45, 2.75) is 13.8 Å². The second-order valence-corrected chi connectivity index (χ2v) is 5.58. The third kappa shape index (κ3) is 3.92. The van der Waals surface area contributed by atoms with Crippen LogP contribution in [0.5, 0.6) is 0 Å². The quantitative estimate of drug-likeness (QED) is 0.759. The first-order valence-electron chi connectivity index (χ1n) is 7.73. The van der Waals surface area contributed by atoms with Crippen LogP contribution in [0.1, 0.15) is 32.2 Å². The van der Waals surface area contributed by atoms with Crippen LogP contribution in [0.2, 0.25) is 0 Å². The molecule has 25 heavy (non-hydrogen) atoms. The zero-order valence-electron chi connectivity index (χ0n) is 13.9. The number of pyridine rings is 1. The molecule has 0 saturated carbocycles. The van der Waals surface area contributed by atoms with Gasteiger partial charge in [-0.25, -0.2) is 4.98 Å². The van der Waals surface area contributed by atoms with Crippen LogP contribution in [0.4, 0.5) is 11.5 Å². The highest BCUT2D eigenvalue weighted by molar-refractivity contribution is 6.06. The summed E-state index contributed by atoms with van der Waals surface area (Å²) in [5.74, 6) is 0.0163. The fourth-order valence-electron chi connectivity index (χ4n) is 2.29. The molecule has 0 radical (unpaired) electrons. The average molecular weight is 335 g/mol. The number of rotatable bonds is 4. The third-order valence-electron chi connectivity index (χ3n) is 3.62. The number of amides is 2. The summed E-state index contributed by atoms with van der Waals surface area (Å²) in [6.07, 6.45) is 1.43. The molecule has 0 bridgehead atoms. The Morgan fingerprint density at radius 2 is 1.80 bits per heavy atom. The van der Waals surface area contributed by atoms with Crippen LogP contribution in [0.25, 0.3) is 0 Å². The predicted molar refractivity (Wildman–Crippen MR) is 94.8 cm³/mol. The second kappa shape index (κ2) is 7.00. The van der Waals surface area contributed by atoms with Crippen molar-refractivity contribution in [3.63, 3.8) is 0 Å². The summed E-state index contributed by atoms with van der Waals surface area (Å²) >= 11 is 0. The van der Waals surface area contributed by atoms with Gasteiger partial charge in [-0.3, -0.25) is 9.59 Å². The van der Waals surface area contributed by atoms with Gasteiger partial charge in [-0.1, -0.05) is 12.1 Å². The number of carbonyl (C=O) groups is 2. The van der Waals surface area contributed by atoms with Gasteiger partial charge in [-0.15, -0.1) is 0 Å². The normalized spacial score (nSPS) is 10.3. The number of nitrogens with one attached hydrogen (secondary N) is 2. The maximum absolute atomic E-state index is 12.4. The Labute approximate surface area is 144 Å². The van der Waals surface area contributed by atoms with Gasteiger partial charge in [0.05, 0.1) is 6.26 Å². The Morgan fingerprint density at radius 1 is 0.960 bits per heavy atom. The number of benzene rings is 1. The van der Waals surface area contributed by atoms with Crippen LogP contribution < -0.4 is 10.6 Å². The first-order chi connectivity index (χ1) is 12.0. The summed E-state index contributed by atoms with van der Waals surface area (Å²) in [4.78, 5) is 28.8. The van der Waals surface area contributed by atoms with Crippen molar-refractivity contribution in [2.24, 2.45) is 0 Å². The van der Waals surface area contributed by atoms with E-state index in [9.17, 15) is 9.59 Å². The Bertz CT molecular complexity index is 917. The Balaban J connectivity index is 1.78. The van der Waals surface area contributed by atoms with Crippen LogP contribution >= 0.6 is 0 Å². The van der Waals surface area contributed by atoms with Gasteiger partial charge in [0, 0.05) is 16.9 Å². The first kappa shape index (κ1) is 16.4. The fourth-order valence-corrected chi connectivity index (χ4v) is 2.29. The van der Waals surface area contributed by atoms with Crippen LogP contribution in [-0.2, 0) is 0 Å². The predicted octanol–water partition coefficient (Wildman–Crippen LogP) is 3.80. The summed E-state index contributed by atoms with van der Waals surface area (Å²) in [6, 6.07) is 13.7. The van der Waals surface area contributed by atoms with Crippen LogP contribution in [-0.4, -0.2) is 16.8 Å². The molecule has 0 saturated heterocycles. The fraction of sp³-hybridized carbons (Fsp3) is 0.105. The van der Waals surface area contributed by atoms with Gasteiger partial charge in [-0.05, 0) is 55.8 Å². The largest absolute Gasteiger partial charge is 0.459 e. The molecule has 0 fully saturated rings. The van der Waals surface area contributed by atoms with E-state index >= 15 is 0 Å². The van der Waals surface area contributed by atoms with E-state index in [2.05, 4.69) is 15.6 Å². The molecule has 1 aromatic carbocycles. The van der Waals surface area contributed by atoms with Crippen molar-refractivity contribution in [3.05, 3.63) is 77.4 Å². The van der Waals surface area contributed by atoms with E-state index in [1.807, 2.05) is 26.0 Å². The van der Waals surface area contributed by atoms with Gasteiger partial charge in [0.2, 0.25) is 0 Å². The van der Waals surface area contributed by atoms with E-state index in [-0.39, 0.29) is 17.6 Å². The lowest BCUT2D eigenvalue weighted by atomic mass is 10.1. The van der Waals surface area contributed by atoms with Gasteiger partial charge >= 0.3 is 0 Å². The maximum atomic E-state index is 12.4. The molecule has 0 aliphatic carbocycles. The van der Waals surface area contributed by atoms with Crippen molar-refractivity contribution >= 4 is 23.3 Å². The molecule has 126 valence electrons. The van der Waals surface area contributed by atoms with Crippen LogP contribution in [0, 0.1) is 13.8 Å². The molecule has 2 amide bonds. The highest BCUT2D eigenvalue weighted by Crippen LogP contribution is 2.19. The van der Waals surface area contributed by atoms with E-state index in [1.165, 1.54) is 6.26 Å². The molecule has 3 aromatic rings. The van der Waals surface area contributed by atoms with Gasteiger partial charge in [0.1, 0.15) is 5.82 Å². The lowest BCUT2D eigenvalue weighted by molar-refractivity contribution is 0.0993. The minimum absolute atomic E-state index is 0.207. The Hall–Kier alpha value is -3.41. The third-order valence-corrected chi connectivity index (χ3v) is 3.62. The zero-order chi connectivity index (χ0) is 17.8. The van der Waals surface area contributed by atoms with Gasteiger partial charge in [0.25, 0.3) is 11.8 Å². The van der Waals surface area contributed by atoms with Crippen molar-refractivity contribution in [2.75, 3.05) is 10.6 Å². The average Bonchev–Trinajstić information content (AvgIpc) is 3.11. The first-order valence-corrected chi connectivity index (χ1v) is 7.73. The number of carbonyl (C=O) groups excluding carboxylic acids is 2. The molecular formula is C19H17N3O3. The smallest absolute Gasteiger partial charge is 0.291 e. The standard InChI is InChI=1S/C19H17N3O3/c1-12-8-9-14(18(23)22-17-7-3-5-13(2)20-17)11-15(12)21-19(24)16-6-4-10-25-16/h3-11H,1-2H3,(H,21,24)(H,20,22,23). The number of aryl methyl sites for hydroxylation is 2. The number of anilines is 2. The topological polar surface area (TPSA) is 84.2 Å². The van der Waals surface area contributed by atoms with Crippen molar-refractivity contribution in [3.8, 4) is 0 Å². The number of hydrogen-bond donors (Lipinski definition) is 2. The molecule has 0 spiro atoms. The van der Waals surface area contributed by atoms with E-state index in [4.69, 9.17) is 4.42 Å². The number of furan rings is 1.